The molecule has 11 rings (SSSR count). The first kappa shape index (κ1) is 88.2. The second-order valence-electron chi connectivity index (χ2n) is 31.9. The van der Waals surface area contributed by atoms with Crippen molar-refractivity contribution in [3.63, 3.8) is 0 Å². The van der Waals surface area contributed by atoms with Crippen LogP contribution in [0.25, 0.3) is 33.4 Å². The van der Waals surface area contributed by atoms with E-state index in [0.717, 1.165) is 94.2 Å². The van der Waals surface area contributed by atoms with E-state index in [1.54, 1.807) is 21.3 Å². The summed E-state index contributed by atoms with van der Waals surface area (Å²) in [5.41, 5.74) is 10.6. The van der Waals surface area contributed by atoms with Crippen molar-refractivity contribution < 1.29 is 90.0 Å². The minimum atomic E-state index is -0.861. The van der Waals surface area contributed by atoms with Gasteiger partial charge in [0.2, 0.25) is 11.8 Å². The van der Waals surface area contributed by atoms with E-state index in [1.165, 1.54) is 22.3 Å². The highest BCUT2D eigenvalue weighted by Gasteiger charge is 2.62. The molecule has 4 unspecified atom stereocenters. The molecule has 0 aromatic heterocycles. The van der Waals surface area contributed by atoms with Crippen molar-refractivity contribution in [2.24, 2.45) is 11.8 Å². The third kappa shape index (κ3) is 22.6. The van der Waals surface area contributed by atoms with E-state index in [1.807, 2.05) is 112 Å². The minimum Gasteiger partial charge on any atom is -0.494 e. The van der Waals surface area contributed by atoms with Gasteiger partial charge in [-0.3, -0.25) is 9.59 Å². The molecule has 1 aliphatic carbocycles. The highest BCUT2D eigenvalue weighted by atomic mass is 16.7. The van der Waals surface area contributed by atoms with Crippen molar-refractivity contribution in [1.82, 2.24) is 15.1 Å². The van der Waals surface area contributed by atoms with Crippen molar-refractivity contribution >= 4 is 30.5 Å². The van der Waals surface area contributed by atoms with Gasteiger partial charge >= 0.3 is 13.2 Å². The van der Waals surface area contributed by atoms with Crippen LogP contribution in [0.5, 0.6) is 28.7 Å². The Balaban J connectivity index is 0.984. The van der Waals surface area contributed by atoms with E-state index < -0.39 is 59.3 Å². The summed E-state index contributed by atoms with van der Waals surface area (Å²) in [5.74, 6) is 0.857. The van der Waals surface area contributed by atoms with Crippen LogP contribution in [0.2, 0.25) is 0 Å². The lowest BCUT2D eigenvalue weighted by Crippen LogP contribution is -2.41. The molecular weight excluding hydrogens is 1470 g/mol. The van der Waals surface area contributed by atoms with E-state index in [2.05, 4.69) is 118 Å². The van der Waals surface area contributed by atoms with Crippen molar-refractivity contribution in [2.75, 3.05) is 147 Å². The second kappa shape index (κ2) is 42.2. The smallest absolute Gasteiger partial charge is 0.494 e. The summed E-state index contributed by atoms with van der Waals surface area (Å²) in [5, 5.41) is 2.81. The molecule has 3 aliphatic heterocycles. The van der Waals surface area contributed by atoms with Crippen LogP contribution in [0, 0.1) is 11.8 Å². The molecule has 3 amide bonds. The van der Waals surface area contributed by atoms with Crippen LogP contribution in [0.1, 0.15) is 153 Å². The fraction of sp³-hybridized carbons (Fsp3) is 0.516. The SMILES string of the molecule is CCOCCOc1cc(CN2C(=O)C3C(C(=O)N(Cc4cc(OCCOCC)cc(OCCOCC)c4)C3c3ccc(-c4ccc(OCCCCNC(=O)OC(C)(C)C)cc4)cc3)C2c2ccc(-c3ccc4c(c3)C(CCCOCCOC)(CCCOCCOC)c3cc(B5OC(C)(C)C(C)(C)O5)ccc3-4)cc2)cc(OCCOC)c1. The van der Waals surface area contributed by atoms with Crippen molar-refractivity contribution in [3.05, 3.63) is 179 Å². The van der Waals surface area contributed by atoms with Crippen LogP contribution in [-0.2, 0) is 80.0 Å². The molecule has 3 fully saturated rings. The number of carbonyl (C=O) groups excluding carboxylic acids is 3. The molecule has 23 heteroatoms. The molecule has 0 bridgehead atoms. The maximum Gasteiger partial charge on any atom is 0.494 e. The Morgan fingerprint density at radius 2 is 0.828 bits per heavy atom. The summed E-state index contributed by atoms with van der Waals surface area (Å²) < 4.78 is 96.0. The third-order valence-corrected chi connectivity index (χ3v) is 22.2. The molecule has 0 radical (unpaired) electrons. The average Bonchev–Trinajstić information content (AvgIpc) is 1.23. The van der Waals surface area contributed by atoms with Crippen LogP contribution in [0.4, 0.5) is 4.79 Å². The topological polar surface area (TPSA) is 217 Å². The molecule has 0 saturated carbocycles. The molecule has 626 valence electrons. The number of benzene rings is 7. The Morgan fingerprint density at radius 3 is 1.28 bits per heavy atom. The quantitative estimate of drug-likeness (QED) is 0.0277. The number of hydrogen-bond donors (Lipinski definition) is 1. The Kier molecular flexibility index (Phi) is 32.1. The largest absolute Gasteiger partial charge is 0.494 e. The molecule has 4 aliphatic rings. The lowest BCUT2D eigenvalue weighted by atomic mass is 9.69. The summed E-state index contributed by atoms with van der Waals surface area (Å²) in [6, 6.07) is 48.2. The highest BCUT2D eigenvalue weighted by molar-refractivity contribution is 6.62. The van der Waals surface area contributed by atoms with Gasteiger partial charge in [-0.2, -0.15) is 0 Å². The number of hydrogen-bond acceptors (Lipinski definition) is 19. The lowest BCUT2D eigenvalue weighted by Gasteiger charge is -2.33. The number of amides is 3. The van der Waals surface area contributed by atoms with Gasteiger partial charge in [-0.25, -0.2) is 4.79 Å². The Hall–Kier alpha value is -8.59. The number of fused-ring (bicyclic) bond motifs is 4. The standard InChI is InChI=1S/C93H122BN3O19/c1-14-104-48-52-111-76-56-65(55-75(61-76)110-51-45-103-13)63-97-86(71-27-23-69(24-28-71)72-31-35-79-80-36-32-73(94-115-91(7,8)92(9,10)116-94)60-82(80)93(81(79)59-72,37-19-40-107-46-43-101-11)38-20-41-108-47-44-102-12)84-83(87(97)98)85(96(88(84)99)64-66-57-77(112-53-49-105-15-2)62-78(58-66)113-54-50-106-16-3)70-25-21-67(22-26-70)68-29-33-74(34-30-68)109-42-18-17-39-95-89(100)114-90(4,5)6/h21-36,55-62,83-86H,14-20,37-54,63-64H2,1-13H3,(H,95,100). The van der Waals surface area contributed by atoms with Gasteiger partial charge in [0.25, 0.3) is 0 Å². The molecular formula is C93H122BN3O19. The number of unbranched alkanes of at least 4 members (excludes halogenated alkanes) is 1. The number of rotatable bonds is 48. The van der Waals surface area contributed by atoms with Crippen molar-refractivity contribution in [2.45, 2.75) is 155 Å². The van der Waals surface area contributed by atoms with Crippen LogP contribution >= 0.6 is 0 Å². The number of alkyl carbamates (subject to hydrolysis) is 1. The maximum atomic E-state index is 16.6. The highest BCUT2D eigenvalue weighted by Crippen LogP contribution is 2.58. The van der Waals surface area contributed by atoms with Crippen molar-refractivity contribution in [1.29, 1.82) is 0 Å². The Morgan fingerprint density at radius 1 is 0.431 bits per heavy atom. The number of ether oxygens (including phenoxy) is 14. The van der Waals surface area contributed by atoms with Crippen molar-refractivity contribution in [3.8, 4) is 62.1 Å². The maximum absolute atomic E-state index is 16.6. The number of nitrogens with one attached hydrogen (secondary N) is 1. The van der Waals surface area contributed by atoms with E-state index in [9.17, 15) is 4.79 Å². The van der Waals surface area contributed by atoms with Gasteiger partial charge in [-0.1, -0.05) is 91.0 Å². The first-order valence-electron chi connectivity index (χ1n) is 41.4. The van der Waals surface area contributed by atoms with Crippen LogP contribution < -0.4 is 34.5 Å². The predicted molar refractivity (Wildman–Crippen MR) is 448 cm³/mol. The Bertz CT molecular complexity index is 4220. The molecule has 0 spiro atoms. The molecule has 7 aromatic rings. The molecule has 22 nitrogen and oxygen atoms in total. The van der Waals surface area contributed by atoms with Crippen LogP contribution in [0.15, 0.2) is 146 Å². The summed E-state index contributed by atoms with van der Waals surface area (Å²) in [6.07, 6.45) is 4.19. The monoisotopic (exact) mass is 1600 g/mol. The molecule has 1 N–H and O–H groups in total. The molecule has 3 saturated heterocycles. The van der Waals surface area contributed by atoms with Gasteiger partial charge in [0, 0.05) is 91.5 Å². The fourth-order valence-corrected chi connectivity index (χ4v) is 16.0. The number of carbonyl (C=O) groups is 3. The summed E-state index contributed by atoms with van der Waals surface area (Å²) in [7, 11) is 4.45. The van der Waals surface area contributed by atoms with E-state index in [0.29, 0.717) is 142 Å². The Labute approximate surface area is 687 Å². The van der Waals surface area contributed by atoms with Crippen LogP contribution in [-0.4, -0.2) is 198 Å². The van der Waals surface area contributed by atoms with Gasteiger partial charge in [0.15, 0.2) is 0 Å². The predicted octanol–water partition coefficient (Wildman–Crippen LogP) is 15.5. The lowest BCUT2D eigenvalue weighted by molar-refractivity contribution is -0.136. The molecule has 7 aromatic carbocycles. The fourth-order valence-electron chi connectivity index (χ4n) is 16.0. The summed E-state index contributed by atoms with van der Waals surface area (Å²) in [6.45, 7) is 28.3. The third-order valence-electron chi connectivity index (χ3n) is 22.2. The van der Waals surface area contributed by atoms with Gasteiger partial charge < -0.3 is 90.7 Å². The van der Waals surface area contributed by atoms with E-state index >= 15 is 9.59 Å². The minimum absolute atomic E-state index is 0.119. The summed E-state index contributed by atoms with van der Waals surface area (Å²) in [4.78, 5) is 49.2. The number of nitrogens with zero attached hydrogens (tertiary/aromatic N) is 2. The van der Waals surface area contributed by atoms with Gasteiger partial charge in [-0.15, -0.1) is 0 Å². The first-order valence-corrected chi connectivity index (χ1v) is 41.4. The number of likely N-dealkylation sites (tertiary alicyclic amines) is 2. The normalized spacial score (nSPS) is 17.7. The first-order chi connectivity index (χ1) is 56.1. The molecule has 4 atom stereocenters. The second-order valence-corrected chi connectivity index (χ2v) is 31.9. The zero-order valence-electron chi connectivity index (χ0n) is 70.5. The van der Waals surface area contributed by atoms with E-state index in [-0.39, 0.29) is 31.5 Å². The summed E-state index contributed by atoms with van der Waals surface area (Å²) >= 11 is 0. The van der Waals surface area contributed by atoms with Gasteiger partial charge in [-0.05, 0) is 222 Å². The van der Waals surface area contributed by atoms with Gasteiger partial charge in [0.1, 0.15) is 60.8 Å². The van der Waals surface area contributed by atoms with E-state index in [4.69, 9.17) is 75.6 Å². The van der Waals surface area contributed by atoms with Gasteiger partial charge in [0.05, 0.1) is 94.6 Å². The average molecular weight is 1600 g/mol. The molecule has 116 heavy (non-hydrogen) atoms. The zero-order valence-corrected chi connectivity index (χ0v) is 70.5. The molecule has 3 heterocycles. The van der Waals surface area contributed by atoms with Crippen LogP contribution in [0.3, 0.4) is 0 Å². The zero-order chi connectivity index (χ0) is 82.2. The number of methoxy groups -OCH3 is 3.